The Kier molecular flexibility index (Phi) is 4.04. The first-order chi connectivity index (χ1) is 9.63. The molecule has 104 valence electrons. The normalized spacial score (nSPS) is 21.4. The Morgan fingerprint density at radius 3 is 2.65 bits per heavy atom. The van der Waals surface area contributed by atoms with Crippen molar-refractivity contribution in [2.24, 2.45) is 0 Å². The van der Waals surface area contributed by atoms with Gasteiger partial charge in [-0.3, -0.25) is 0 Å². The molecule has 0 amide bonds. The molecule has 20 heavy (non-hydrogen) atoms. The highest BCUT2D eigenvalue weighted by molar-refractivity contribution is 9.10. The third-order valence-electron chi connectivity index (χ3n) is 3.96. The summed E-state index contributed by atoms with van der Waals surface area (Å²) in [6, 6.07) is 15.3. The van der Waals surface area contributed by atoms with Gasteiger partial charge < -0.3 is 5.32 Å². The summed E-state index contributed by atoms with van der Waals surface area (Å²) in [7, 11) is 0. The Hall–Kier alpha value is -0.990. The van der Waals surface area contributed by atoms with Gasteiger partial charge in [-0.1, -0.05) is 47.5 Å². The third kappa shape index (κ3) is 2.87. The molecule has 0 aliphatic heterocycles. The summed E-state index contributed by atoms with van der Waals surface area (Å²) in [6.45, 7) is 2.15. The number of nitrogens with one attached hydrogen (secondary N) is 1. The summed E-state index contributed by atoms with van der Waals surface area (Å²) in [5.41, 5.74) is 3.90. The number of benzene rings is 2. The Morgan fingerprint density at radius 2 is 1.90 bits per heavy atom. The van der Waals surface area contributed by atoms with Gasteiger partial charge in [-0.15, -0.1) is 0 Å². The van der Waals surface area contributed by atoms with E-state index in [0.717, 1.165) is 15.2 Å². The minimum atomic E-state index is 0.537. The van der Waals surface area contributed by atoms with E-state index in [2.05, 4.69) is 58.5 Å². The predicted molar refractivity (Wildman–Crippen MR) is 89.7 cm³/mol. The minimum absolute atomic E-state index is 0.537. The van der Waals surface area contributed by atoms with Crippen LogP contribution in [0.5, 0.6) is 0 Å². The van der Waals surface area contributed by atoms with Gasteiger partial charge in [0.05, 0.1) is 15.2 Å². The average Bonchev–Trinajstić information content (AvgIpc) is 2.38. The summed E-state index contributed by atoms with van der Waals surface area (Å²) >= 11 is 9.65. The summed E-state index contributed by atoms with van der Waals surface area (Å²) in [6.07, 6.45) is 2.37. The van der Waals surface area contributed by atoms with Crippen molar-refractivity contribution in [3.05, 3.63) is 63.1 Å². The SMILES string of the molecule is Cc1cccc(C2CC(Nc3cccc(Cl)c3Br)C2)c1. The van der Waals surface area contributed by atoms with Gasteiger partial charge in [0.25, 0.3) is 0 Å². The second-order valence-electron chi connectivity index (χ2n) is 5.53. The Bertz CT molecular complexity index is 620. The summed E-state index contributed by atoms with van der Waals surface area (Å²) in [5, 5.41) is 4.32. The van der Waals surface area contributed by atoms with Crippen LogP contribution in [-0.2, 0) is 0 Å². The van der Waals surface area contributed by atoms with Gasteiger partial charge in [0.2, 0.25) is 0 Å². The minimum Gasteiger partial charge on any atom is -0.381 e. The number of aryl methyl sites for hydroxylation is 1. The molecule has 2 aromatic carbocycles. The zero-order valence-corrected chi connectivity index (χ0v) is 13.7. The molecule has 1 aliphatic rings. The summed E-state index contributed by atoms with van der Waals surface area (Å²) < 4.78 is 0.959. The van der Waals surface area contributed by atoms with Crippen LogP contribution >= 0.6 is 27.5 Å². The smallest absolute Gasteiger partial charge is 0.0593 e. The third-order valence-corrected chi connectivity index (χ3v) is 5.36. The molecule has 1 saturated carbocycles. The van der Waals surface area contributed by atoms with Crippen LogP contribution in [-0.4, -0.2) is 6.04 Å². The summed E-state index contributed by atoms with van der Waals surface area (Å²) in [5.74, 6) is 0.686. The van der Waals surface area contributed by atoms with Crippen LogP contribution in [0.3, 0.4) is 0 Å². The molecular formula is C17H17BrClN. The van der Waals surface area contributed by atoms with Crippen molar-refractivity contribution >= 4 is 33.2 Å². The first-order valence-corrected chi connectivity index (χ1v) is 8.07. The number of hydrogen-bond donors (Lipinski definition) is 1. The largest absolute Gasteiger partial charge is 0.381 e. The molecule has 0 atom stereocenters. The molecule has 0 bridgehead atoms. The molecule has 1 fully saturated rings. The van der Waals surface area contributed by atoms with Crippen molar-refractivity contribution < 1.29 is 0 Å². The molecule has 2 aromatic rings. The fraction of sp³-hybridized carbons (Fsp3) is 0.294. The van der Waals surface area contributed by atoms with Gasteiger partial charge in [0, 0.05) is 6.04 Å². The Morgan fingerprint density at radius 1 is 1.15 bits per heavy atom. The zero-order valence-electron chi connectivity index (χ0n) is 11.4. The van der Waals surface area contributed by atoms with Gasteiger partial charge in [-0.2, -0.15) is 0 Å². The average molecular weight is 351 g/mol. The van der Waals surface area contributed by atoms with Crippen molar-refractivity contribution in [2.45, 2.75) is 31.7 Å². The van der Waals surface area contributed by atoms with Crippen molar-refractivity contribution in [3.63, 3.8) is 0 Å². The van der Waals surface area contributed by atoms with Crippen molar-refractivity contribution in [1.29, 1.82) is 0 Å². The van der Waals surface area contributed by atoms with E-state index in [0.29, 0.717) is 12.0 Å². The number of anilines is 1. The number of hydrogen-bond acceptors (Lipinski definition) is 1. The van der Waals surface area contributed by atoms with E-state index in [1.807, 2.05) is 12.1 Å². The molecular weight excluding hydrogens is 334 g/mol. The van der Waals surface area contributed by atoms with E-state index < -0.39 is 0 Å². The van der Waals surface area contributed by atoms with Crippen LogP contribution < -0.4 is 5.32 Å². The highest BCUT2D eigenvalue weighted by Gasteiger charge is 2.30. The van der Waals surface area contributed by atoms with E-state index in [-0.39, 0.29) is 0 Å². The summed E-state index contributed by atoms with van der Waals surface area (Å²) in [4.78, 5) is 0. The Labute approximate surface area is 133 Å². The predicted octanol–water partition coefficient (Wildman–Crippen LogP) is 5.77. The van der Waals surface area contributed by atoms with Crippen LogP contribution in [0.25, 0.3) is 0 Å². The first kappa shape index (κ1) is 14.0. The van der Waals surface area contributed by atoms with Gasteiger partial charge in [-0.05, 0) is 59.3 Å². The molecule has 0 radical (unpaired) electrons. The maximum Gasteiger partial charge on any atom is 0.0593 e. The van der Waals surface area contributed by atoms with Gasteiger partial charge in [0.15, 0.2) is 0 Å². The van der Waals surface area contributed by atoms with E-state index >= 15 is 0 Å². The molecule has 0 unspecified atom stereocenters. The van der Waals surface area contributed by atoms with Crippen LogP contribution in [0, 0.1) is 6.92 Å². The van der Waals surface area contributed by atoms with Gasteiger partial charge in [-0.25, -0.2) is 0 Å². The monoisotopic (exact) mass is 349 g/mol. The van der Waals surface area contributed by atoms with Crippen molar-refractivity contribution in [2.75, 3.05) is 5.32 Å². The molecule has 0 heterocycles. The fourth-order valence-electron chi connectivity index (χ4n) is 2.77. The van der Waals surface area contributed by atoms with Crippen LogP contribution in [0.4, 0.5) is 5.69 Å². The van der Waals surface area contributed by atoms with Crippen molar-refractivity contribution in [3.8, 4) is 0 Å². The van der Waals surface area contributed by atoms with E-state index in [1.165, 1.54) is 24.0 Å². The molecule has 0 saturated heterocycles. The maximum atomic E-state index is 6.11. The number of rotatable bonds is 3. The molecule has 3 rings (SSSR count). The van der Waals surface area contributed by atoms with Crippen LogP contribution in [0.1, 0.15) is 29.9 Å². The second kappa shape index (κ2) is 5.79. The quantitative estimate of drug-likeness (QED) is 0.741. The molecule has 1 nitrogen and oxygen atoms in total. The Balaban J connectivity index is 1.62. The second-order valence-corrected chi connectivity index (χ2v) is 6.73. The fourth-order valence-corrected chi connectivity index (χ4v) is 3.32. The lowest BCUT2D eigenvalue weighted by Crippen LogP contribution is -2.34. The van der Waals surface area contributed by atoms with Crippen molar-refractivity contribution in [1.82, 2.24) is 0 Å². The first-order valence-electron chi connectivity index (χ1n) is 6.90. The standard InChI is InChI=1S/C17H17BrClN/c1-11-4-2-5-12(8-11)13-9-14(10-13)20-16-7-3-6-15(19)17(16)18/h2-8,13-14,20H,9-10H2,1H3. The number of halogens is 2. The maximum absolute atomic E-state index is 6.11. The molecule has 1 aliphatic carbocycles. The van der Waals surface area contributed by atoms with Crippen LogP contribution in [0.2, 0.25) is 5.02 Å². The highest BCUT2D eigenvalue weighted by atomic mass is 79.9. The lowest BCUT2D eigenvalue weighted by Gasteiger charge is -2.37. The zero-order chi connectivity index (χ0) is 14.1. The van der Waals surface area contributed by atoms with Crippen LogP contribution in [0.15, 0.2) is 46.9 Å². The van der Waals surface area contributed by atoms with Gasteiger partial charge in [0.1, 0.15) is 0 Å². The molecule has 3 heteroatoms. The van der Waals surface area contributed by atoms with E-state index in [9.17, 15) is 0 Å². The topological polar surface area (TPSA) is 12.0 Å². The molecule has 1 N–H and O–H groups in total. The lowest BCUT2D eigenvalue weighted by molar-refractivity contribution is 0.374. The lowest BCUT2D eigenvalue weighted by atomic mass is 9.75. The molecule has 0 spiro atoms. The highest BCUT2D eigenvalue weighted by Crippen LogP contribution is 2.40. The van der Waals surface area contributed by atoms with E-state index in [4.69, 9.17) is 11.6 Å². The van der Waals surface area contributed by atoms with E-state index in [1.54, 1.807) is 0 Å². The van der Waals surface area contributed by atoms with Gasteiger partial charge >= 0.3 is 0 Å². The molecule has 0 aromatic heterocycles.